The van der Waals surface area contributed by atoms with Gasteiger partial charge in [-0.3, -0.25) is 9.56 Å². The molecule has 1 unspecified atom stereocenters. The van der Waals surface area contributed by atoms with Gasteiger partial charge in [-0.25, -0.2) is 0 Å². The first-order valence-corrected chi connectivity index (χ1v) is 9.27. The van der Waals surface area contributed by atoms with Gasteiger partial charge in [0.15, 0.2) is 3.95 Å². The summed E-state index contributed by atoms with van der Waals surface area (Å²) in [6.45, 7) is 3.41. The van der Waals surface area contributed by atoms with Crippen LogP contribution in [0.25, 0.3) is 11.6 Å². The normalized spacial score (nSPS) is 21.3. The molecule has 1 fully saturated rings. The molecule has 0 aliphatic carbocycles. The van der Waals surface area contributed by atoms with Gasteiger partial charge >= 0.3 is 0 Å². The Labute approximate surface area is 149 Å². The Balaban J connectivity index is 1.71. The highest BCUT2D eigenvalue weighted by molar-refractivity contribution is 7.73. The molecule has 1 aromatic carbocycles. The van der Waals surface area contributed by atoms with Gasteiger partial charge < -0.3 is 9.84 Å². The Morgan fingerprint density at radius 1 is 1.46 bits per heavy atom. The lowest BCUT2D eigenvalue weighted by Gasteiger charge is -2.11. The van der Waals surface area contributed by atoms with Gasteiger partial charge in [0.25, 0.3) is 0 Å². The largest absolute Gasteiger partial charge is 0.493 e. The molecule has 1 N–H and O–H groups in total. The number of ether oxygens (including phenoxy) is 1. The number of rotatable bonds is 3. The molecule has 1 atom stereocenters. The van der Waals surface area contributed by atoms with Gasteiger partial charge in [-0.1, -0.05) is 18.2 Å². The van der Waals surface area contributed by atoms with E-state index in [1.807, 2.05) is 31.2 Å². The summed E-state index contributed by atoms with van der Waals surface area (Å²) in [5.41, 5.74) is 4.07. The van der Waals surface area contributed by atoms with Gasteiger partial charge in [0, 0.05) is 23.5 Å². The van der Waals surface area contributed by atoms with Crippen molar-refractivity contribution in [2.45, 2.75) is 32.4 Å². The van der Waals surface area contributed by atoms with Crippen LogP contribution in [0.4, 0.5) is 5.69 Å². The molecule has 4 rings (SSSR count). The summed E-state index contributed by atoms with van der Waals surface area (Å²) in [5, 5.41) is 10.6. The topological polar surface area (TPSA) is 46.8 Å². The van der Waals surface area contributed by atoms with E-state index in [9.17, 15) is 5.11 Å². The summed E-state index contributed by atoms with van der Waals surface area (Å²) in [6.07, 6.45) is 4.24. The quantitative estimate of drug-likeness (QED) is 0.801. The molecule has 2 aliphatic heterocycles. The zero-order valence-electron chi connectivity index (χ0n) is 13.4. The van der Waals surface area contributed by atoms with Crippen LogP contribution in [0.3, 0.4) is 0 Å². The molecule has 3 heterocycles. The highest BCUT2D eigenvalue weighted by Gasteiger charge is 2.22. The van der Waals surface area contributed by atoms with Crippen LogP contribution in [0.2, 0.25) is 0 Å². The van der Waals surface area contributed by atoms with Gasteiger partial charge in [0.05, 0.1) is 23.2 Å². The van der Waals surface area contributed by atoms with Crippen molar-refractivity contribution >= 4 is 46.6 Å². The van der Waals surface area contributed by atoms with E-state index in [0.29, 0.717) is 10.5 Å². The predicted octanol–water partition coefficient (Wildman–Crippen LogP) is 4.81. The van der Waals surface area contributed by atoms with Crippen LogP contribution in [0.15, 0.2) is 29.3 Å². The van der Waals surface area contributed by atoms with Gasteiger partial charge in [-0.15, -0.1) is 11.3 Å². The Bertz CT molecular complexity index is 902. The molecule has 0 saturated carbocycles. The molecule has 0 bridgehead atoms. The van der Waals surface area contributed by atoms with Crippen LogP contribution in [-0.2, 0) is 11.3 Å². The Morgan fingerprint density at radius 3 is 3.08 bits per heavy atom. The van der Waals surface area contributed by atoms with Crippen molar-refractivity contribution in [2.75, 3.05) is 6.61 Å². The van der Waals surface area contributed by atoms with Crippen molar-refractivity contribution in [3.8, 4) is 5.88 Å². The average Bonchev–Trinajstić information content (AvgIpc) is 3.25. The highest BCUT2D eigenvalue weighted by atomic mass is 32.1. The monoisotopic (exact) mass is 358 g/mol. The molecule has 6 heteroatoms. The van der Waals surface area contributed by atoms with Crippen LogP contribution in [0.5, 0.6) is 5.88 Å². The molecule has 2 aromatic rings. The van der Waals surface area contributed by atoms with Crippen molar-refractivity contribution in [2.24, 2.45) is 4.99 Å². The highest BCUT2D eigenvalue weighted by Crippen LogP contribution is 2.38. The number of fused-ring (bicyclic) bond motifs is 1. The zero-order chi connectivity index (χ0) is 16.7. The molecule has 1 saturated heterocycles. The molecule has 1 aromatic heterocycles. The van der Waals surface area contributed by atoms with E-state index in [-0.39, 0.29) is 12.0 Å². The molecule has 24 heavy (non-hydrogen) atoms. The second kappa shape index (κ2) is 6.27. The number of hydrogen-bond donors (Lipinski definition) is 1. The van der Waals surface area contributed by atoms with E-state index in [1.165, 1.54) is 11.3 Å². The van der Waals surface area contributed by atoms with Crippen LogP contribution < -0.4 is 0 Å². The molecular weight excluding hydrogens is 340 g/mol. The summed E-state index contributed by atoms with van der Waals surface area (Å²) in [4.78, 5) is 5.37. The van der Waals surface area contributed by atoms with Crippen LogP contribution in [0, 0.1) is 3.95 Å². The minimum absolute atomic E-state index is 0.146. The van der Waals surface area contributed by atoms with Crippen molar-refractivity contribution < 1.29 is 9.84 Å². The summed E-state index contributed by atoms with van der Waals surface area (Å²) in [5.74, 6) is 0.227. The molecular formula is C18H18N2O2S2. The van der Waals surface area contributed by atoms with Crippen molar-refractivity contribution in [3.63, 3.8) is 0 Å². The van der Waals surface area contributed by atoms with Gasteiger partial charge in [0.2, 0.25) is 5.88 Å². The number of para-hydroxylation sites is 1. The number of benzene rings is 1. The lowest BCUT2D eigenvalue weighted by atomic mass is 10.0. The lowest BCUT2D eigenvalue weighted by Crippen LogP contribution is -2.14. The maximum atomic E-state index is 10.6. The average molecular weight is 358 g/mol. The van der Waals surface area contributed by atoms with Crippen LogP contribution in [0.1, 0.15) is 30.2 Å². The second-order valence-electron chi connectivity index (χ2n) is 6.07. The third-order valence-electron chi connectivity index (χ3n) is 4.45. The number of hydrogen-bond acceptors (Lipinski definition) is 5. The predicted molar refractivity (Wildman–Crippen MR) is 101 cm³/mol. The number of thiazole rings is 1. The van der Waals surface area contributed by atoms with Crippen molar-refractivity contribution in [3.05, 3.63) is 38.7 Å². The summed E-state index contributed by atoms with van der Waals surface area (Å²) in [7, 11) is 0. The number of aromatic hydroxyl groups is 1. The fourth-order valence-electron chi connectivity index (χ4n) is 3.21. The zero-order valence-corrected chi connectivity index (χ0v) is 15.0. The fraction of sp³-hybridized carbons (Fsp3) is 0.333. The van der Waals surface area contributed by atoms with E-state index in [0.717, 1.165) is 46.9 Å². The smallest absolute Gasteiger partial charge is 0.210 e. The summed E-state index contributed by atoms with van der Waals surface area (Å²) < 4.78 is 8.13. The van der Waals surface area contributed by atoms with E-state index in [2.05, 4.69) is 11.1 Å². The van der Waals surface area contributed by atoms with E-state index in [4.69, 9.17) is 17.0 Å². The first-order chi connectivity index (χ1) is 11.6. The van der Waals surface area contributed by atoms with Gasteiger partial charge in [-0.05, 0) is 44.1 Å². The molecule has 0 radical (unpaired) electrons. The van der Waals surface area contributed by atoms with E-state index >= 15 is 0 Å². The molecule has 0 amide bonds. The van der Waals surface area contributed by atoms with Crippen LogP contribution >= 0.6 is 23.6 Å². The van der Waals surface area contributed by atoms with Gasteiger partial charge in [0.1, 0.15) is 0 Å². The minimum Gasteiger partial charge on any atom is -0.493 e. The Kier molecular flexibility index (Phi) is 4.12. The maximum Gasteiger partial charge on any atom is 0.210 e. The van der Waals surface area contributed by atoms with Gasteiger partial charge in [-0.2, -0.15) is 0 Å². The molecule has 4 nitrogen and oxygen atoms in total. The minimum atomic E-state index is 0.146. The Morgan fingerprint density at radius 2 is 2.29 bits per heavy atom. The lowest BCUT2D eigenvalue weighted by molar-refractivity contribution is 0.0948. The first-order valence-electron chi connectivity index (χ1n) is 8.04. The van der Waals surface area contributed by atoms with E-state index in [1.54, 1.807) is 4.57 Å². The van der Waals surface area contributed by atoms with Crippen molar-refractivity contribution in [1.29, 1.82) is 0 Å². The third-order valence-corrected chi connectivity index (χ3v) is 5.84. The Hall–Kier alpha value is -1.76. The summed E-state index contributed by atoms with van der Waals surface area (Å²) in [6, 6.07) is 8.05. The SMILES string of the molecule is CC1=Nc2ccccc2/C1=C/c1sc(=S)n(CC2CCCO2)c1O. The van der Waals surface area contributed by atoms with E-state index < -0.39 is 0 Å². The number of allylic oxidation sites excluding steroid dienone is 1. The van der Waals surface area contributed by atoms with Crippen molar-refractivity contribution in [1.82, 2.24) is 4.57 Å². The molecule has 2 aliphatic rings. The number of aliphatic imine (C=N–C) groups is 1. The molecule has 124 valence electrons. The maximum absolute atomic E-state index is 10.6. The second-order valence-corrected chi connectivity index (χ2v) is 7.75. The first kappa shape index (κ1) is 15.7. The van der Waals surface area contributed by atoms with Crippen LogP contribution in [-0.4, -0.2) is 28.1 Å². The third kappa shape index (κ3) is 2.75. The number of nitrogens with zero attached hydrogens (tertiary/aromatic N) is 2. The molecule has 0 spiro atoms. The number of aromatic nitrogens is 1. The standard InChI is InChI=1S/C18H18N2O2S2/c1-11-14(13-6-2-3-7-15(13)19-11)9-16-17(21)20(18(23)24-16)10-12-5-4-8-22-12/h2-3,6-7,9,12,21H,4-5,8,10H2,1H3/b14-9+. The summed E-state index contributed by atoms with van der Waals surface area (Å²) >= 11 is 6.88. The fourth-order valence-corrected chi connectivity index (χ4v) is 4.48.